The number of halogens is 1. The highest BCUT2D eigenvalue weighted by molar-refractivity contribution is 6.35. The van der Waals surface area contributed by atoms with Gasteiger partial charge in [0.2, 0.25) is 5.88 Å². The van der Waals surface area contributed by atoms with E-state index in [9.17, 15) is 5.11 Å². The van der Waals surface area contributed by atoms with E-state index in [0.29, 0.717) is 15.9 Å². The van der Waals surface area contributed by atoms with Crippen LogP contribution in [0.2, 0.25) is 5.02 Å². The second-order valence-corrected chi connectivity index (χ2v) is 3.51. The van der Waals surface area contributed by atoms with Crippen LogP contribution < -0.4 is 0 Å². The van der Waals surface area contributed by atoms with Crippen LogP contribution in [0.5, 0.6) is 5.88 Å². The quantitative estimate of drug-likeness (QED) is 0.618. The van der Waals surface area contributed by atoms with Gasteiger partial charge in [-0.25, -0.2) is 5.53 Å². The average molecular weight is 210 g/mol. The van der Waals surface area contributed by atoms with E-state index in [4.69, 9.17) is 17.1 Å². The van der Waals surface area contributed by atoms with E-state index < -0.39 is 0 Å². The average Bonchev–Trinajstić information content (AvgIpc) is 2.41. The van der Waals surface area contributed by atoms with Crippen LogP contribution in [0.1, 0.15) is 5.56 Å². The molecule has 1 aromatic carbocycles. The van der Waals surface area contributed by atoms with Crippen molar-refractivity contribution >= 4 is 28.2 Å². The van der Waals surface area contributed by atoms with Crippen molar-refractivity contribution in [1.29, 1.82) is 5.53 Å². The smallest absolute Gasteiger partial charge is 0.218 e. The Balaban J connectivity index is 2.94. The lowest BCUT2D eigenvalue weighted by Gasteiger charge is -1.96. The summed E-state index contributed by atoms with van der Waals surface area (Å²) in [5.74, 6) is -0.123. The monoisotopic (exact) mass is 209 g/mol. The third-order valence-corrected chi connectivity index (χ3v) is 2.37. The first-order valence-electron chi connectivity index (χ1n) is 4.01. The largest absolute Gasteiger partial charge is 0.493 e. The van der Waals surface area contributed by atoms with Crippen molar-refractivity contribution in [3.8, 4) is 5.88 Å². The normalized spacial score (nSPS) is 10.7. The summed E-state index contributed by atoms with van der Waals surface area (Å²) in [5, 5.41) is 13.9. The molecule has 1 heterocycles. The van der Waals surface area contributed by atoms with Gasteiger partial charge in [-0.1, -0.05) is 11.6 Å². The van der Waals surface area contributed by atoms with Crippen LogP contribution in [0.3, 0.4) is 0 Å². The van der Waals surface area contributed by atoms with E-state index in [1.807, 2.05) is 13.0 Å². The van der Waals surface area contributed by atoms with Crippen molar-refractivity contribution in [3.63, 3.8) is 0 Å². The molecule has 2 aromatic rings. The Morgan fingerprint density at radius 2 is 2.21 bits per heavy atom. The molecule has 0 aliphatic carbocycles. The van der Waals surface area contributed by atoms with Gasteiger partial charge in [0, 0.05) is 5.39 Å². The summed E-state index contributed by atoms with van der Waals surface area (Å²) in [7, 11) is 0. The minimum Gasteiger partial charge on any atom is -0.493 e. The number of hydrogen-bond donors (Lipinski definition) is 3. The lowest BCUT2D eigenvalue weighted by Crippen LogP contribution is -1.74. The van der Waals surface area contributed by atoms with E-state index in [-0.39, 0.29) is 11.6 Å². The molecular formula is C9H8ClN3O. The fraction of sp³-hybridized carbons (Fsp3) is 0.111. The summed E-state index contributed by atoms with van der Waals surface area (Å²) >= 11 is 5.96. The number of fused-ring (bicyclic) bond motifs is 1. The van der Waals surface area contributed by atoms with Gasteiger partial charge in [0.25, 0.3) is 0 Å². The van der Waals surface area contributed by atoms with Crippen LogP contribution in [0, 0.1) is 12.5 Å². The van der Waals surface area contributed by atoms with Crippen molar-refractivity contribution in [2.24, 2.45) is 5.11 Å². The number of rotatable bonds is 1. The molecule has 2 rings (SSSR count). The fourth-order valence-electron chi connectivity index (χ4n) is 1.47. The van der Waals surface area contributed by atoms with E-state index in [1.165, 1.54) is 0 Å². The first-order chi connectivity index (χ1) is 6.63. The molecule has 0 saturated heterocycles. The maximum Gasteiger partial charge on any atom is 0.218 e. The van der Waals surface area contributed by atoms with Crippen LogP contribution in [-0.2, 0) is 0 Å². The van der Waals surface area contributed by atoms with Crippen LogP contribution in [-0.4, -0.2) is 10.1 Å². The third kappa shape index (κ3) is 1.15. The molecule has 0 atom stereocenters. The van der Waals surface area contributed by atoms with Gasteiger partial charge in [-0.2, -0.15) is 5.11 Å². The van der Waals surface area contributed by atoms with E-state index in [0.717, 1.165) is 5.56 Å². The molecule has 0 saturated carbocycles. The molecule has 0 unspecified atom stereocenters. The van der Waals surface area contributed by atoms with Crippen molar-refractivity contribution in [2.45, 2.75) is 6.92 Å². The Morgan fingerprint density at radius 1 is 1.50 bits per heavy atom. The molecule has 5 heteroatoms. The van der Waals surface area contributed by atoms with Gasteiger partial charge >= 0.3 is 0 Å². The van der Waals surface area contributed by atoms with Crippen molar-refractivity contribution in [1.82, 2.24) is 4.98 Å². The van der Waals surface area contributed by atoms with Gasteiger partial charge in [0.15, 0.2) is 5.69 Å². The van der Waals surface area contributed by atoms with E-state index >= 15 is 0 Å². The zero-order chi connectivity index (χ0) is 10.3. The minimum absolute atomic E-state index is 0.123. The van der Waals surface area contributed by atoms with Crippen molar-refractivity contribution in [3.05, 3.63) is 22.7 Å². The molecule has 3 N–H and O–H groups in total. The number of hydrogen-bond acceptors (Lipinski definition) is 3. The molecule has 72 valence electrons. The second kappa shape index (κ2) is 2.99. The number of aromatic nitrogens is 1. The lowest BCUT2D eigenvalue weighted by molar-refractivity contribution is 0.459. The predicted octanol–water partition coefficient (Wildman–Crippen LogP) is 3.50. The topological polar surface area (TPSA) is 72.2 Å². The Bertz CT molecular complexity index is 518. The Labute approximate surface area is 85.0 Å². The van der Waals surface area contributed by atoms with Crippen LogP contribution in [0.25, 0.3) is 10.9 Å². The number of benzene rings is 1. The molecule has 0 bridgehead atoms. The lowest BCUT2D eigenvalue weighted by atomic mass is 10.1. The molecule has 0 fully saturated rings. The summed E-state index contributed by atoms with van der Waals surface area (Å²) in [6.45, 7) is 1.89. The molecule has 0 radical (unpaired) electrons. The summed E-state index contributed by atoms with van der Waals surface area (Å²) in [5.41, 5.74) is 8.73. The summed E-state index contributed by atoms with van der Waals surface area (Å²) in [4.78, 5) is 2.68. The molecule has 0 amide bonds. The van der Waals surface area contributed by atoms with Gasteiger partial charge in [0.1, 0.15) is 0 Å². The van der Waals surface area contributed by atoms with Crippen LogP contribution >= 0.6 is 11.6 Å². The zero-order valence-electron chi connectivity index (χ0n) is 7.43. The minimum atomic E-state index is -0.123. The molecule has 0 spiro atoms. The second-order valence-electron chi connectivity index (χ2n) is 3.10. The fourth-order valence-corrected chi connectivity index (χ4v) is 1.80. The Kier molecular flexibility index (Phi) is 1.93. The summed E-state index contributed by atoms with van der Waals surface area (Å²) in [6.07, 6.45) is 0. The standard InChI is InChI=1S/C9H8ClN3O/c1-4-2-5-7(6(10)3-4)12-9(14)8(5)13-11/h2-3,11-12,14H,1H3. The summed E-state index contributed by atoms with van der Waals surface area (Å²) < 4.78 is 0. The van der Waals surface area contributed by atoms with E-state index in [2.05, 4.69) is 10.1 Å². The third-order valence-electron chi connectivity index (χ3n) is 2.07. The number of nitrogens with one attached hydrogen (secondary N) is 2. The first kappa shape index (κ1) is 9.02. The maximum atomic E-state index is 9.42. The Hall–Kier alpha value is -1.55. The molecule has 4 nitrogen and oxygen atoms in total. The van der Waals surface area contributed by atoms with Crippen LogP contribution in [0.15, 0.2) is 17.2 Å². The van der Waals surface area contributed by atoms with Gasteiger partial charge in [-0.3, -0.25) is 0 Å². The molecular weight excluding hydrogens is 202 g/mol. The van der Waals surface area contributed by atoms with Crippen molar-refractivity contribution < 1.29 is 5.11 Å². The van der Waals surface area contributed by atoms with Gasteiger partial charge < -0.3 is 10.1 Å². The van der Waals surface area contributed by atoms with Crippen molar-refractivity contribution in [2.75, 3.05) is 0 Å². The van der Waals surface area contributed by atoms with Gasteiger partial charge in [-0.05, 0) is 24.6 Å². The highest BCUT2D eigenvalue weighted by atomic mass is 35.5. The summed E-state index contributed by atoms with van der Waals surface area (Å²) in [6, 6.07) is 3.61. The molecule has 1 aromatic heterocycles. The first-order valence-corrected chi connectivity index (χ1v) is 4.39. The number of nitrogens with zero attached hydrogens (tertiary/aromatic N) is 1. The molecule has 14 heavy (non-hydrogen) atoms. The number of aromatic amines is 1. The predicted molar refractivity (Wildman–Crippen MR) is 54.5 cm³/mol. The zero-order valence-corrected chi connectivity index (χ0v) is 8.18. The Morgan fingerprint density at radius 3 is 2.86 bits per heavy atom. The number of aryl methyl sites for hydroxylation is 1. The maximum absolute atomic E-state index is 9.42. The number of aromatic hydroxyl groups is 1. The van der Waals surface area contributed by atoms with Gasteiger partial charge in [0.05, 0.1) is 10.5 Å². The SMILES string of the molecule is Cc1cc(Cl)c2[nH]c(O)c(N=N)c2c1. The van der Waals surface area contributed by atoms with Crippen LogP contribution in [0.4, 0.5) is 5.69 Å². The highest BCUT2D eigenvalue weighted by Gasteiger charge is 2.12. The van der Waals surface area contributed by atoms with E-state index in [1.54, 1.807) is 6.07 Å². The highest BCUT2D eigenvalue weighted by Crippen LogP contribution is 2.38. The molecule has 0 aliphatic heterocycles. The number of H-pyrrole nitrogens is 1. The molecule has 0 aliphatic rings. The van der Waals surface area contributed by atoms with Gasteiger partial charge in [-0.15, -0.1) is 0 Å².